The van der Waals surface area contributed by atoms with Gasteiger partial charge in [-0.15, -0.1) is 0 Å². The number of hydrogen-bond acceptors (Lipinski definition) is 6. The second-order valence-electron chi connectivity index (χ2n) is 5.09. The first-order valence-corrected chi connectivity index (χ1v) is 8.31. The molecule has 0 bridgehead atoms. The third-order valence-electron chi connectivity index (χ3n) is 3.59. The molecule has 0 spiro atoms. The van der Waals surface area contributed by atoms with E-state index in [0.29, 0.717) is 0 Å². The maximum atomic E-state index is 12.9. The van der Waals surface area contributed by atoms with Crippen LogP contribution in [0.1, 0.15) is 6.92 Å². The number of non-ortho nitro benzene ring substituents is 1. The van der Waals surface area contributed by atoms with Crippen LogP contribution in [-0.2, 0) is 14.8 Å². The highest BCUT2D eigenvalue weighted by Crippen LogP contribution is 2.34. The number of nitro groups is 1. The first-order chi connectivity index (χ1) is 11.3. The summed E-state index contributed by atoms with van der Waals surface area (Å²) in [6.07, 6.45) is 1.42. The van der Waals surface area contributed by atoms with E-state index in [2.05, 4.69) is 10.3 Å². The van der Waals surface area contributed by atoms with Crippen LogP contribution in [0.3, 0.4) is 0 Å². The molecule has 0 radical (unpaired) electrons. The normalized spacial score (nSPS) is 17.1. The lowest BCUT2D eigenvalue weighted by Gasteiger charge is -2.33. The summed E-state index contributed by atoms with van der Waals surface area (Å²) < 4.78 is 26.8. The van der Waals surface area contributed by atoms with E-state index in [1.54, 1.807) is 12.1 Å². The quantitative estimate of drug-likeness (QED) is 0.663. The minimum atomic E-state index is -4.11. The highest BCUT2D eigenvalue weighted by Gasteiger charge is 2.39. The van der Waals surface area contributed by atoms with E-state index in [9.17, 15) is 23.3 Å². The second-order valence-corrected chi connectivity index (χ2v) is 6.91. The van der Waals surface area contributed by atoms with Crippen LogP contribution in [0.5, 0.6) is 0 Å². The first-order valence-electron chi connectivity index (χ1n) is 6.87. The van der Waals surface area contributed by atoms with Gasteiger partial charge in [-0.05, 0) is 31.2 Å². The number of benzene rings is 1. The lowest BCUT2D eigenvalue weighted by molar-refractivity contribution is -0.384. The smallest absolute Gasteiger partial charge is 0.269 e. The maximum Gasteiger partial charge on any atom is 0.269 e. The van der Waals surface area contributed by atoms with Crippen LogP contribution in [-0.4, -0.2) is 30.3 Å². The zero-order chi connectivity index (χ0) is 17.5. The number of nitro benzene ring substituents is 1. The van der Waals surface area contributed by atoms with Gasteiger partial charge in [0.25, 0.3) is 15.7 Å². The number of fused-ring (bicyclic) bond motifs is 1. The van der Waals surface area contributed by atoms with E-state index >= 15 is 0 Å². The van der Waals surface area contributed by atoms with Gasteiger partial charge in [-0.3, -0.25) is 14.9 Å². The Morgan fingerprint density at radius 3 is 2.54 bits per heavy atom. The Morgan fingerprint density at radius 1 is 1.25 bits per heavy atom. The fourth-order valence-corrected chi connectivity index (χ4v) is 3.96. The number of amides is 1. The molecule has 1 aromatic carbocycles. The summed E-state index contributed by atoms with van der Waals surface area (Å²) in [6, 6.07) is 6.58. The Kier molecular flexibility index (Phi) is 3.68. The molecular formula is C14H12N4O5S. The number of aromatic nitrogens is 1. The Bertz CT molecular complexity index is 926. The highest BCUT2D eigenvalue weighted by molar-refractivity contribution is 7.93. The van der Waals surface area contributed by atoms with Crippen molar-refractivity contribution in [2.45, 2.75) is 17.9 Å². The molecule has 0 saturated heterocycles. The zero-order valence-corrected chi connectivity index (χ0v) is 13.2. The molecule has 0 fully saturated rings. The molecule has 0 saturated carbocycles. The van der Waals surface area contributed by atoms with E-state index in [-0.39, 0.29) is 22.1 Å². The minimum Gasteiger partial charge on any atom is -0.321 e. The van der Waals surface area contributed by atoms with Crippen LogP contribution in [0.25, 0.3) is 0 Å². The number of nitrogens with zero attached hydrogens (tertiary/aromatic N) is 3. The molecule has 2 aromatic rings. The van der Waals surface area contributed by atoms with Crippen molar-refractivity contribution >= 4 is 33.1 Å². The topological polar surface area (TPSA) is 123 Å². The molecule has 1 N–H and O–H groups in total. The molecule has 0 aliphatic carbocycles. The van der Waals surface area contributed by atoms with Crippen molar-refractivity contribution in [2.75, 3.05) is 9.62 Å². The van der Waals surface area contributed by atoms with Gasteiger partial charge in [0, 0.05) is 18.3 Å². The maximum absolute atomic E-state index is 12.9. The van der Waals surface area contributed by atoms with Crippen LogP contribution in [0.15, 0.2) is 47.5 Å². The molecule has 9 nitrogen and oxygen atoms in total. The standard InChI is InChI=1S/C14H12N4O5S/c1-9-14(19)16-12-3-2-8-15-13(12)17(9)24(22,23)11-6-4-10(5-7-11)18(20)21/h2-9H,1H3,(H,16,19). The van der Waals surface area contributed by atoms with E-state index in [0.717, 1.165) is 28.6 Å². The summed E-state index contributed by atoms with van der Waals surface area (Å²) in [5, 5.41) is 13.3. The Balaban J connectivity index is 2.12. The number of pyridine rings is 1. The Labute approximate surface area is 137 Å². The second kappa shape index (κ2) is 5.57. The summed E-state index contributed by atoms with van der Waals surface area (Å²) in [6.45, 7) is 1.44. The van der Waals surface area contributed by atoms with Crippen molar-refractivity contribution in [3.8, 4) is 0 Å². The predicted octanol–water partition coefficient (Wildman–Crippen LogP) is 1.53. The lowest BCUT2D eigenvalue weighted by atomic mass is 10.2. The van der Waals surface area contributed by atoms with E-state index in [4.69, 9.17) is 0 Å². The number of sulfonamides is 1. The zero-order valence-electron chi connectivity index (χ0n) is 12.4. The number of nitrogens with one attached hydrogen (secondary N) is 1. The van der Waals surface area contributed by atoms with E-state index < -0.39 is 26.9 Å². The van der Waals surface area contributed by atoms with Crippen LogP contribution in [0.2, 0.25) is 0 Å². The summed E-state index contributed by atoms with van der Waals surface area (Å²) in [4.78, 5) is 26.0. The van der Waals surface area contributed by atoms with Crippen LogP contribution in [0.4, 0.5) is 17.2 Å². The Hall–Kier alpha value is -3.01. The molecule has 24 heavy (non-hydrogen) atoms. The fourth-order valence-electron chi connectivity index (χ4n) is 2.37. The molecule has 1 aliphatic rings. The van der Waals surface area contributed by atoms with Crippen molar-refractivity contribution in [3.63, 3.8) is 0 Å². The highest BCUT2D eigenvalue weighted by atomic mass is 32.2. The molecule has 1 aromatic heterocycles. The van der Waals surface area contributed by atoms with Crippen molar-refractivity contribution in [1.82, 2.24) is 4.98 Å². The number of carbonyl (C=O) groups is 1. The van der Waals surface area contributed by atoms with E-state index in [1.165, 1.54) is 13.1 Å². The van der Waals surface area contributed by atoms with Gasteiger partial charge in [0.15, 0.2) is 5.82 Å². The number of hydrogen-bond donors (Lipinski definition) is 1. The third kappa shape index (κ3) is 2.46. The van der Waals surface area contributed by atoms with Gasteiger partial charge in [0.05, 0.1) is 15.5 Å². The molecule has 2 heterocycles. The van der Waals surface area contributed by atoms with Crippen LogP contribution >= 0.6 is 0 Å². The van der Waals surface area contributed by atoms with Crippen molar-refractivity contribution in [1.29, 1.82) is 0 Å². The van der Waals surface area contributed by atoms with E-state index in [1.807, 2.05) is 0 Å². The van der Waals surface area contributed by atoms with Crippen molar-refractivity contribution < 1.29 is 18.1 Å². The average Bonchev–Trinajstić information content (AvgIpc) is 2.55. The van der Waals surface area contributed by atoms with Gasteiger partial charge in [-0.2, -0.15) is 0 Å². The largest absolute Gasteiger partial charge is 0.321 e. The molecular weight excluding hydrogens is 336 g/mol. The molecule has 10 heteroatoms. The van der Waals surface area contributed by atoms with Crippen LogP contribution < -0.4 is 9.62 Å². The number of rotatable bonds is 3. The monoisotopic (exact) mass is 348 g/mol. The Morgan fingerprint density at radius 2 is 1.92 bits per heavy atom. The van der Waals surface area contributed by atoms with Crippen LogP contribution in [0, 0.1) is 10.1 Å². The van der Waals surface area contributed by atoms with Gasteiger partial charge in [-0.25, -0.2) is 17.7 Å². The third-order valence-corrected chi connectivity index (χ3v) is 5.46. The molecule has 1 amide bonds. The van der Waals surface area contributed by atoms with Gasteiger partial charge in [-0.1, -0.05) is 0 Å². The molecule has 1 unspecified atom stereocenters. The minimum absolute atomic E-state index is 0.1000. The summed E-state index contributed by atoms with van der Waals surface area (Å²) in [5.41, 5.74) is 0.0583. The molecule has 1 aliphatic heterocycles. The van der Waals surface area contributed by atoms with Crippen molar-refractivity contribution in [3.05, 3.63) is 52.7 Å². The molecule has 1 atom stereocenters. The van der Waals surface area contributed by atoms with Crippen molar-refractivity contribution in [2.24, 2.45) is 0 Å². The van der Waals surface area contributed by atoms with Gasteiger partial charge in [0.1, 0.15) is 6.04 Å². The van der Waals surface area contributed by atoms with Gasteiger partial charge >= 0.3 is 0 Å². The SMILES string of the molecule is CC1C(=O)Nc2cccnc2N1S(=O)(=O)c1ccc([N+](=O)[O-])cc1. The number of carbonyl (C=O) groups excluding carboxylic acids is 1. The molecule has 3 rings (SSSR count). The fraction of sp³-hybridized carbons (Fsp3) is 0.143. The first kappa shape index (κ1) is 15.9. The average molecular weight is 348 g/mol. The van der Waals surface area contributed by atoms with Gasteiger partial charge < -0.3 is 5.32 Å². The summed E-state index contributed by atoms with van der Waals surface area (Å²) >= 11 is 0. The predicted molar refractivity (Wildman–Crippen MR) is 85.1 cm³/mol. The molecule has 124 valence electrons. The number of anilines is 2. The summed E-state index contributed by atoms with van der Waals surface area (Å²) in [5.74, 6) is -0.385. The van der Waals surface area contributed by atoms with Gasteiger partial charge in [0.2, 0.25) is 5.91 Å². The summed E-state index contributed by atoms with van der Waals surface area (Å²) in [7, 11) is -4.11. The lowest BCUT2D eigenvalue weighted by Crippen LogP contribution is -2.49.